The molecule has 0 aliphatic carbocycles. The van der Waals surface area contributed by atoms with Crippen LogP contribution in [0.5, 0.6) is 0 Å². The number of nitrogens with one attached hydrogen (secondary N) is 1. The van der Waals surface area contributed by atoms with Gasteiger partial charge in [0.2, 0.25) is 0 Å². The second-order valence-electron chi connectivity index (χ2n) is 6.33. The van der Waals surface area contributed by atoms with Crippen molar-refractivity contribution in [3.8, 4) is 0 Å². The van der Waals surface area contributed by atoms with Crippen LogP contribution in [0.15, 0.2) is 23.1 Å². The number of thioether (sulfide) groups is 1. The SMILES string of the molecule is CC1CCN(CCNC2CCSc3c(F)cccc32)CC1. The first-order valence-corrected chi connectivity index (χ1v) is 9.09. The van der Waals surface area contributed by atoms with Gasteiger partial charge in [-0.15, -0.1) is 11.8 Å². The van der Waals surface area contributed by atoms with Gasteiger partial charge >= 0.3 is 0 Å². The van der Waals surface area contributed by atoms with Crippen molar-refractivity contribution in [3.05, 3.63) is 29.6 Å². The number of hydrogen-bond donors (Lipinski definition) is 1. The number of benzene rings is 1. The third-order valence-electron chi connectivity index (χ3n) is 4.72. The van der Waals surface area contributed by atoms with Crippen LogP contribution in [0.2, 0.25) is 0 Å². The minimum absolute atomic E-state index is 0.0611. The lowest BCUT2D eigenvalue weighted by Crippen LogP contribution is -2.39. The number of piperidine rings is 1. The molecular weight excluding hydrogens is 283 g/mol. The van der Waals surface area contributed by atoms with Crippen LogP contribution in [-0.2, 0) is 0 Å². The van der Waals surface area contributed by atoms with Crippen molar-refractivity contribution in [1.82, 2.24) is 10.2 Å². The molecule has 0 bridgehead atoms. The van der Waals surface area contributed by atoms with Crippen molar-refractivity contribution < 1.29 is 4.39 Å². The third-order valence-corrected chi connectivity index (χ3v) is 5.88. The predicted octanol–water partition coefficient (Wildman–Crippen LogP) is 3.68. The zero-order valence-corrected chi connectivity index (χ0v) is 13.6. The van der Waals surface area contributed by atoms with Gasteiger partial charge in [0, 0.05) is 24.0 Å². The Morgan fingerprint density at radius 3 is 2.90 bits per heavy atom. The van der Waals surface area contributed by atoms with Crippen molar-refractivity contribution >= 4 is 11.8 Å². The van der Waals surface area contributed by atoms with Crippen LogP contribution in [0.3, 0.4) is 0 Å². The first kappa shape index (κ1) is 15.3. The Bertz CT molecular complexity index is 472. The lowest BCUT2D eigenvalue weighted by Gasteiger charge is -2.31. The summed E-state index contributed by atoms with van der Waals surface area (Å²) in [5.41, 5.74) is 1.15. The summed E-state index contributed by atoms with van der Waals surface area (Å²) in [6.07, 6.45) is 3.75. The average molecular weight is 308 g/mol. The van der Waals surface area contributed by atoms with Crippen molar-refractivity contribution in [2.45, 2.75) is 37.1 Å². The molecule has 1 aromatic carbocycles. The van der Waals surface area contributed by atoms with Crippen LogP contribution in [0.25, 0.3) is 0 Å². The predicted molar refractivity (Wildman–Crippen MR) is 87.3 cm³/mol. The fourth-order valence-corrected chi connectivity index (χ4v) is 4.42. The number of likely N-dealkylation sites (tertiary alicyclic amines) is 1. The molecule has 1 aromatic rings. The quantitative estimate of drug-likeness (QED) is 0.913. The van der Waals surface area contributed by atoms with Gasteiger partial charge in [-0.3, -0.25) is 0 Å². The number of halogens is 1. The lowest BCUT2D eigenvalue weighted by atomic mass is 9.99. The van der Waals surface area contributed by atoms with Crippen LogP contribution in [0.4, 0.5) is 4.39 Å². The molecule has 1 saturated heterocycles. The molecule has 0 amide bonds. The van der Waals surface area contributed by atoms with Gasteiger partial charge in [0.1, 0.15) is 5.82 Å². The highest BCUT2D eigenvalue weighted by atomic mass is 32.2. The Labute approximate surface area is 131 Å². The Kier molecular flexibility index (Phi) is 5.19. The Balaban J connectivity index is 1.52. The van der Waals surface area contributed by atoms with E-state index in [0.29, 0.717) is 6.04 Å². The smallest absolute Gasteiger partial charge is 0.137 e. The maximum atomic E-state index is 13.8. The molecule has 116 valence electrons. The summed E-state index contributed by atoms with van der Waals surface area (Å²) in [7, 11) is 0. The largest absolute Gasteiger partial charge is 0.309 e. The van der Waals surface area contributed by atoms with Gasteiger partial charge in [-0.05, 0) is 55.7 Å². The van der Waals surface area contributed by atoms with Gasteiger partial charge in [0.25, 0.3) is 0 Å². The molecule has 0 spiro atoms. The van der Waals surface area contributed by atoms with E-state index in [1.807, 2.05) is 6.07 Å². The highest BCUT2D eigenvalue weighted by Crippen LogP contribution is 2.37. The molecule has 1 atom stereocenters. The second-order valence-corrected chi connectivity index (χ2v) is 7.43. The van der Waals surface area contributed by atoms with Crippen molar-refractivity contribution in [1.29, 1.82) is 0 Å². The van der Waals surface area contributed by atoms with Crippen molar-refractivity contribution in [3.63, 3.8) is 0 Å². The highest BCUT2D eigenvalue weighted by Gasteiger charge is 2.23. The fraction of sp³-hybridized carbons (Fsp3) is 0.647. The van der Waals surface area contributed by atoms with Crippen molar-refractivity contribution in [2.75, 3.05) is 31.9 Å². The van der Waals surface area contributed by atoms with Gasteiger partial charge in [-0.1, -0.05) is 19.1 Å². The van der Waals surface area contributed by atoms with Crippen molar-refractivity contribution in [2.24, 2.45) is 5.92 Å². The number of rotatable bonds is 4. The first-order valence-electron chi connectivity index (χ1n) is 8.11. The normalized spacial score (nSPS) is 24.0. The molecule has 4 heteroatoms. The molecule has 2 aliphatic rings. The monoisotopic (exact) mass is 308 g/mol. The maximum Gasteiger partial charge on any atom is 0.137 e. The zero-order valence-electron chi connectivity index (χ0n) is 12.8. The molecule has 0 aromatic heterocycles. The Morgan fingerprint density at radius 1 is 1.29 bits per heavy atom. The molecule has 2 aliphatic heterocycles. The van der Waals surface area contributed by atoms with Gasteiger partial charge < -0.3 is 10.2 Å². The minimum Gasteiger partial charge on any atom is -0.309 e. The molecule has 1 fully saturated rings. The van der Waals surface area contributed by atoms with Gasteiger partial charge in [-0.25, -0.2) is 4.39 Å². The van der Waals surface area contributed by atoms with E-state index >= 15 is 0 Å². The molecule has 3 rings (SSSR count). The van der Waals surface area contributed by atoms with E-state index in [2.05, 4.69) is 23.2 Å². The van der Waals surface area contributed by atoms with Crippen LogP contribution >= 0.6 is 11.8 Å². The van der Waals surface area contributed by atoms with Gasteiger partial charge in [0.15, 0.2) is 0 Å². The molecule has 0 saturated carbocycles. The zero-order chi connectivity index (χ0) is 14.7. The molecule has 1 unspecified atom stereocenters. The van der Waals surface area contributed by atoms with E-state index in [4.69, 9.17) is 0 Å². The fourth-order valence-electron chi connectivity index (χ4n) is 3.28. The summed E-state index contributed by atoms with van der Waals surface area (Å²) in [5.74, 6) is 1.83. The molecule has 1 N–H and O–H groups in total. The van der Waals surface area contributed by atoms with E-state index < -0.39 is 0 Å². The molecule has 2 nitrogen and oxygen atoms in total. The lowest BCUT2D eigenvalue weighted by molar-refractivity contribution is 0.191. The minimum atomic E-state index is -0.0611. The van der Waals surface area contributed by atoms with Crippen LogP contribution < -0.4 is 5.32 Å². The average Bonchev–Trinajstić information content (AvgIpc) is 2.50. The summed E-state index contributed by atoms with van der Waals surface area (Å²) in [5, 5.41) is 3.64. The van der Waals surface area contributed by atoms with Gasteiger partial charge in [-0.2, -0.15) is 0 Å². The van der Waals surface area contributed by atoms with Crippen LogP contribution in [0.1, 0.15) is 37.8 Å². The summed E-state index contributed by atoms with van der Waals surface area (Å²) >= 11 is 1.66. The van der Waals surface area contributed by atoms with E-state index in [0.717, 1.165) is 41.6 Å². The second kappa shape index (κ2) is 7.12. The van der Waals surface area contributed by atoms with E-state index in [1.54, 1.807) is 17.8 Å². The van der Waals surface area contributed by atoms with E-state index in [9.17, 15) is 4.39 Å². The summed E-state index contributed by atoms with van der Waals surface area (Å²) < 4.78 is 13.8. The topological polar surface area (TPSA) is 15.3 Å². The highest BCUT2D eigenvalue weighted by molar-refractivity contribution is 7.99. The van der Waals surface area contributed by atoms with E-state index in [-0.39, 0.29) is 5.82 Å². The first-order chi connectivity index (χ1) is 10.2. The third kappa shape index (κ3) is 3.79. The molecular formula is C17H25FN2S. The number of nitrogens with zero attached hydrogens (tertiary/aromatic N) is 1. The molecule has 0 radical (unpaired) electrons. The van der Waals surface area contributed by atoms with Crippen LogP contribution in [0, 0.1) is 11.7 Å². The van der Waals surface area contributed by atoms with Gasteiger partial charge in [0.05, 0.1) is 0 Å². The molecule has 21 heavy (non-hydrogen) atoms. The number of fused-ring (bicyclic) bond motifs is 1. The van der Waals surface area contributed by atoms with E-state index in [1.165, 1.54) is 25.9 Å². The number of hydrogen-bond acceptors (Lipinski definition) is 3. The Hall–Kier alpha value is -0.580. The maximum absolute atomic E-state index is 13.8. The standard InChI is InChI=1S/C17H25FN2S/c1-13-5-9-20(10-6-13)11-8-19-16-7-12-21-17-14(16)3-2-4-15(17)18/h2-4,13,16,19H,5-12H2,1H3. The summed E-state index contributed by atoms with van der Waals surface area (Å²) in [6.45, 7) is 6.92. The van der Waals surface area contributed by atoms with Crippen LogP contribution in [-0.4, -0.2) is 36.8 Å². The Morgan fingerprint density at radius 2 is 2.10 bits per heavy atom. The summed E-state index contributed by atoms with van der Waals surface area (Å²) in [4.78, 5) is 3.41. The summed E-state index contributed by atoms with van der Waals surface area (Å²) in [6, 6.07) is 5.80. The molecule has 2 heterocycles.